The van der Waals surface area contributed by atoms with Crippen LogP contribution in [0.3, 0.4) is 0 Å². The summed E-state index contributed by atoms with van der Waals surface area (Å²) in [6.45, 7) is 6.97. The van der Waals surface area contributed by atoms with Crippen LogP contribution in [0.1, 0.15) is 46.1 Å². The number of nitrogens with zero attached hydrogens (tertiary/aromatic N) is 3. The molecule has 0 radical (unpaired) electrons. The Bertz CT molecular complexity index is 897. The topological polar surface area (TPSA) is 66.0 Å². The lowest BCUT2D eigenvalue weighted by atomic mass is 10.2. The largest absolute Gasteiger partial charge is 0.404 e. The summed E-state index contributed by atoms with van der Waals surface area (Å²) in [5.74, 6) is 0.335. The first kappa shape index (κ1) is 19.9. The smallest absolute Gasteiger partial charge is 0.261 e. The number of anilines is 1. The van der Waals surface area contributed by atoms with Gasteiger partial charge in [-0.3, -0.25) is 0 Å². The highest BCUT2D eigenvalue weighted by molar-refractivity contribution is 6.99. The lowest BCUT2D eigenvalue weighted by Crippen LogP contribution is -2.67. The Morgan fingerprint density at radius 3 is 2.03 bits per heavy atom. The molecule has 1 saturated carbocycles. The minimum Gasteiger partial charge on any atom is -0.404 e. The first-order valence-corrected chi connectivity index (χ1v) is 12.3. The molecule has 2 atom stereocenters. The van der Waals surface area contributed by atoms with Gasteiger partial charge in [-0.05, 0) is 34.7 Å². The molecule has 0 aliphatic heterocycles. The van der Waals surface area contributed by atoms with E-state index in [0.717, 1.165) is 19.3 Å². The fourth-order valence-corrected chi connectivity index (χ4v) is 9.40. The second-order valence-corrected chi connectivity index (χ2v) is 13.2. The molecule has 0 bridgehead atoms. The maximum Gasteiger partial charge on any atom is 0.261 e. The fourth-order valence-electron chi connectivity index (χ4n) is 4.67. The third-order valence-corrected chi connectivity index (χ3v) is 11.1. The molecule has 3 aromatic rings. The molecule has 1 fully saturated rings. The summed E-state index contributed by atoms with van der Waals surface area (Å²) < 4.78 is 9.15. The van der Waals surface area contributed by atoms with Crippen molar-refractivity contribution in [1.29, 1.82) is 0 Å². The number of hydrogen-bond donors (Lipinski definition) is 1. The van der Waals surface area contributed by atoms with Gasteiger partial charge in [0.05, 0.1) is 6.04 Å². The Kier molecular flexibility index (Phi) is 5.31. The van der Waals surface area contributed by atoms with E-state index in [0.29, 0.717) is 12.0 Å². The summed E-state index contributed by atoms with van der Waals surface area (Å²) in [6, 6.07) is 22.0. The molecule has 29 heavy (non-hydrogen) atoms. The molecule has 0 spiro atoms. The molecule has 2 N–H and O–H groups in total. The number of rotatable bonds is 5. The van der Waals surface area contributed by atoms with Gasteiger partial charge in [-0.25, -0.2) is 9.67 Å². The summed E-state index contributed by atoms with van der Waals surface area (Å²) >= 11 is 0. The first-order valence-electron chi connectivity index (χ1n) is 10.4. The highest BCUT2D eigenvalue weighted by Crippen LogP contribution is 2.41. The fraction of sp³-hybridized carbons (Fsp3) is 0.391. The summed E-state index contributed by atoms with van der Waals surface area (Å²) in [4.78, 5) is 4.09. The van der Waals surface area contributed by atoms with Crippen molar-refractivity contribution < 1.29 is 4.43 Å². The van der Waals surface area contributed by atoms with Crippen molar-refractivity contribution in [3.8, 4) is 0 Å². The lowest BCUT2D eigenvalue weighted by Gasteiger charge is -2.44. The maximum atomic E-state index is 7.24. The van der Waals surface area contributed by atoms with Crippen molar-refractivity contribution in [2.24, 2.45) is 0 Å². The van der Waals surface area contributed by atoms with Gasteiger partial charge >= 0.3 is 0 Å². The molecule has 152 valence electrons. The van der Waals surface area contributed by atoms with E-state index in [-0.39, 0.29) is 11.1 Å². The van der Waals surface area contributed by atoms with Gasteiger partial charge in [-0.1, -0.05) is 81.4 Å². The predicted molar refractivity (Wildman–Crippen MR) is 120 cm³/mol. The van der Waals surface area contributed by atoms with Gasteiger partial charge in [0.1, 0.15) is 6.33 Å². The van der Waals surface area contributed by atoms with Crippen molar-refractivity contribution in [3.63, 3.8) is 0 Å². The zero-order chi connectivity index (χ0) is 20.5. The third-order valence-electron chi connectivity index (χ3n) is 6.02. The Morgan fingerprint density at radius 2 is 1.55 bits per heavy atom. The van der Waals surface area contributed by atoms with Crippen LogP contribution in [0.15, 0.2) is 67.0 Å². The molecule has 6 heteroatoms. The molecule has 1 aliphatic carbocycles. The quantitative estimate of drug-likeness (QED) is 0.658. The Morgan fingerprint density at radius 1 is 0.966 bits per heavy atom. The number of aromatic nitrogens is 3. The Balaban J connectivity index is 1.71. The predicted octanol–water partition coefficient (Wildman–Crippen LogP) is 3.53. The van der Waals surface area contributed by atoms with Gasteiger partial charge in [0.15, 0.2) is 0 Å². The SMILES string of the molecule is CC(C)(C)[Si](O[C@@H]1CC[C@H](n2cnc(N)n2)C1)(c1ccccc1)c1ccccc1. The monoisotopic (exact) mass is 406 g/mol. The molecule has 0 amide bonds. The molecule has 2 aromatic carbocycles. The molecule has 0 unspecified atom stereocenters. The average molecular weight is 407 g/mol. The van der Waals surface area contributed by atoms with Crippen LogP contribution in [0.5, 0.6) is 0 Å². The maximum absolute atomic E-state index is 7.24. The van der Waals surface area contributed by atoms with Crippen molar-refractivity contribution in [2.45, 2.75) is 57.2 Å². The van der Waals surface area contributed by atoms with Crippen LogP contribution >= 0.6 is 0 Å². The van der Waals surface area contributed by atoms with E-state index in [4.69, 9.17) is 10.2 Å². The summed E-state index contributed by atoms with van der Waals surface area (Å²) in [7, 11) is -2.51. The van der Waals surface area contributed by atoms with Gasteiger partial charge in [-0.15, -0.1) is 5.10 Å². The van der Waals surface area contributed by atoms with Crippen LogP contribution < -0.4 is 16.1 Å². The van der Waals surface area contributed by atoms with Crippen molar-refractivity contribution in [1.82, 2.24) is 14.8 Å². The van der Waals surface area contributed by atoms with Crippen LogP contribution in [0, 0.1) is 0 Å². The molecule has 5 nitrogen and oxygen atoms in total. The van der Waals surface area contributed by atoms with Gasteiger partial charge in [0.25, 0.3) is 8.32 Å². The number of nitrogen functional groups attached to an aromatic ring is 1. The van der Waals surface area contributed by atoms with Gasteiger partial charge < -0.3 is 10.2 Å². The second-order valence-electron chi connectivity index (χ2n) is 8.95. The van der Waals surface area contributed by atoms with E-state index in [1.807, 2.05) is 4.68 Å². The number of benzene rings is 2. The van der Waals surface area contributed by atoms with Crippen molar-refractivity contribution >= 4 is 24.6 Å². The Hall–Kier alpha value is -2.44. The molecule has 4 rings (SSSR count). The van der Waals surface area contributed by atoms with Crippen LogP contribution in [0.2, 0.25) is 5.04 Å². The summed E-state index contributed by atoms with van der Waals surface area (Å²) in [5.41, 5.74) is 5.72. The van der Waals surface area contributed by atoms with Gasteiger partial charge in [0, 0.05) is 6.10 Å². The average Bonchev–Trinajstić information content (AvgIpc) is 3.35. The highest BCUT2D eigenvalue weighted by atomic mass is 28.4. The number of nitrogens with two attached hydrogens (primary N) is 1. The molecule has 1 aliphatic rings. The second kappa shape index (κ2) is 7.76. The summed E-state index contributed by atoms with van der Waals surface area (Å²) in [5, 5.41) is 6.97. The van der Waals surface area contributed by atoms with Crippen LogP contribution in [-0.2, 0) is 4.43 Å². The zero-order valence-electron chi connectivity index (χ0n) is 17.5. The van der Waals surface area contributed by atoms with E-state index in [2.05, 4.69) is 91.5 Å². The van der Waals surface area contributed by atoms with Crippen LogP contribution in [0.4, 0.5) is 5.95 Å². The molecular weight excluding hydrogens is 376 g/mol. The Labute approximate surface area is 174 Å². The standard InChI is InChI=1S/C23H30N4OSi/c1-23(2,3)29(20-10-6-4-7-11-20,21-12-8-5-9-13-21)28-19-15-14-18(16-19)27-17-25-22(24)26-27/h4-13,17-19H,14-16H2,1-3H3,(H2,24,26)/t18-,19+/m0/s1. The molecule has 1 heterocycles. The minimum absolute atomic E-state index is 0.00846. The van der Waals surface area contributed by atoms with Crippen molar-refractivity contribution in [2.75, 3.05) is 5.73 Å². The van der Waals surface area contributed by atoms with E-state index < -0.39 is 8.32 Å². The normalized spacial score (nSPS) is 20.1. The van der Waals surface area contributed by atoms with E-state index in [1.54, 1.807) is 6.33 Å². The molecule has 0 saturated heterocycles. The van der Waals surface area contributed by atoms with E-state index in [9.17, 15) is 0 Å². The summed E-state index contributed by atoms with van der Waals surface area (Å²) in [6.07, 6.45) is 4.93. The highest BCUT2D eigenvalue weighted by Gasteiger charge is 2.52. The minimum atomic E-state index is -2.51. The third kappa shape index (κ3) is 3.74. The lowest BCUT2D eigenvalue weighted by molar-refractivity contribution is 0.189. The number of hydrogen-bond acceptors (Lipinski definition) is 4. The van der Waals surface area contributed by atoms with Crippen LogP contribution in [0.25, 0.3) is 0 Å². The van der Waals surface area contributed by atoms with Crippen LogP contribution in [-0.4, -0.2) is 29.2 Å². The van der Waals surface area contributed by atoms with E-state index >= 15 is 0 Å². The van der Waals surface area contributed by atoms with E-state index in [1.165, 1.54) is 10.4 Å². The van der Waals surface area contributed by atoms with Gasteiger partial charge in [0.2, 0.25) is 5.95 Å². The molecular formula is C23H30N4OSi. The zero-order valence-corrected chi connectivity index (χ0v) is 18.5. The molecule has 1 aromatic heterocycles. The first-order chi connectivity index (χ1) is 13.9. The van der Waals surface area contributed by atoms with Gasteiger partial charge in [-0.2, -0.15) is 0 Å². The van der Waals surface area contributed by atoms with Crippen molar-refractivity contribution in [3.05, 3.63) is 67.0 Å².